The highest BCUT2D eigenvalue weighted by molar-refractivity contribution is 5.98. The Labute approximate surface area is 110 Å². The van der Waals surface area contributed by atoms with Crippen LogP contribution in [0.15, 0.2) is 45.4 Å². The van der Waals surface area contributed by atoms with Gasteiger partial charge in [-0.1, -0.05) is 19.1 Å². The second-order valence-electron chi connectivity index (χ2n) is 4.29. The molecule has 2 aromatic heterocycles. The molecule has 0 unspecified atom stereocenters. The third kappa shape index (κ3) is 2.17. The van der Waals surface area contributed by atoms with Crippen LogP contribution < -0.4 is 0 Å². The van der Waals surface area contributed by atoms with Gasteiger partial charge in [0.05, 0.1) is 18.2 Å². The molecule has 2 heterocycles. The molecule has 4 heteroatoms. The number of oxazole rings is 1. The standard InChI is InChI=1S/C15H13NO3/c1-2-13-10(7-8-18-13)12(17)9-15-16-11-5-3-4-6-14(11)19-15/h3-8H,2,9H2,1H3. The van der Waals surface area contributed by atoms with Crippen LogP contribution in [0.4, 0.5) is 0 Å². The summed E-state index contributed by atoms with van der Waals surface area (Å²) in [6.07, 6.45) is 2.39. The molecule has 0 N–H and O–H groups in total. The lowest BCUT2D eigenvalue weighted by atomic mass is 10.1. The number of carbonyl (C=O) groups is 1. The number of furan rings is 1. The number of fused-ring (bicyclic) bond motifs is 1. The van der Waals surface area contributed by atoms with Crippen LogP contribution in [0.1, 0.15) is 28.9 Å². The molecule has 0 aliphatic carbocycles. The summed E-state index contributed by atoms with van der Waals surface area (Å²) in [6, 6.07) is 9.17. The number of carbonyl (C=O) groups excluding carboxylic acids is 1. The number of Topliss-reactive ketones (excluding diaryl/α,β-unsaturated/α-hetero) is 1. The van der Waals surface area contributed by atoms with Gasteiger partial charge in [-0.2, -0.15) is 0 Å². The van der Waals surface area contributed by atoms with Crippen LogP contribution in [0.2, 0.25) is 0 Å². The number of nitrogens with zero attached hydrogens (tertiary/aromatic N) is 1. The Balaban J connectivity index is 1.86. The lowest BCUT2D eigenvalue weighted by molar-refractivity contribution is 0.0984. The number of aromatic nitrogens is 1. The summed E-state index contributed by atoms with van der Waals surface area (Å²) in [5.41, 5.74) is 2.09. The third-order valence-electron chi connectivity index (χ3n) is 3.02. The minimum atomic E-state index is -0.0304. The summed E-state index contributed by atoms with van der Waals surface area (Å²) in [6.45, 7) is 1.95. The van der Waals surface area contributed by atoms with Gasteiger partial charge < -0.3 is 8.83 Å². The van der Waals surface area contributed by atoms with E-state index < -0.39 is 0 Å². The Bertz CT molecular complexity index is 691. The SMILES string of the molecule is CCc1occc1C(=O)Cc1nc2ccccc2o1. The van der Waals surface area contributed by atoms with Crippen LogP contribution in [0.25, 0.3) is 11.1 Å². The fourth-order valence-electron chi connectivity index (χ4n) is 2.09. The van der Waals surface area contributed by atoms with Gasteiger partial charge in [-0.05, 0) is 18.2 Å². The summed E-state index contributed by atoms with van der Waals surface area (Å²) < 4.78 is 10.8. The van der Waals surface area contributed by atoms with Gasteiger partial charge in [0.1, 0.15) is 11.3 Å². The van der Waals surface area contributed by atoms with Crippen LogP contribution in [0, 0.1) is 0 Å². The van der Waals surface area contributed by atoms with E-state index in [0.717, 1.165) is 5.52 Å². The van der Waals surface area contributed by atoms with Crippen molar-refractivity contribution in [2.24, 2.45) is 0 Å². The van der Waals surface area contributed by atoms with Crippen LogP contribution in [-0.2, 0) is 12.8 Å². The molecule has 0 aliphatic rings. The largest absolute Gasteiger partial charge is 0.469 e. The second-order valence-corrected chi connectivity index (χ2v) is 4.29. The van der Waals surface area contributed by atoms with E-state index >= 15 is 0 Å². The Hall–Kier alpha value is -2.36. The minimum Gasteiger partial charge on any atom is -0.469 e. The maximum atomic E-state index is 12.2. The average molecular weight is 255 g/mol. The molecule has 0 bridgehead atoms. The van der Waals surface area contributed by atoms with E-state index in [2.05, 4.69) is 4.98 Å². The van der Waals surface area contributed by atoms with Gasteiger partial charge in [-0.15, -0.1) is 0 Å². The monoisotopic (exact) mass is 255 g/mol. The first kappa shape index (κ1) is 11.7. The topological polar surface area (TPSA) is 56.2 Å². The predicted octanol–water partition coefficient (Wildman–Crippen LogP) is 3.41. The molecular formula is C15H13NO3. The second kappa shape index (κ2) is 4.72. The van der Waals surface area contributed by atoms with Gasteiger partial charge in [-0.3, -0.25) is 4.79 Å². The molecule has 4 nitrogen and oxygen atoms in total. The summed E-state index contributed by atoms with van der Waals surface area (Å²) in [4.78, 5) is 16.5. The van der Waals surface area contributed by atoms with Gasteiger partial charge in [0, 0.05) is 6.42 Å². The fraction of sp³-hybridized carbons (Fsp3) is 0.200. The molecule has 0 fully saturated rings. The molecule has 96 valence electrons. The van der Waals surface area contributed by atoms with Crippen LogP contribution in [0.5, 0.6) is 0 Å². The average Bonchev–Trinajstić information content (AvgIpc) is 3.03. The summed E-state index contributed by atoms with van der Waals surface area (Å²) in [7, 11) is 0. The van der Waals surface area contributed by atoms with E-state index in [1.54, 1.807) is 6.07 Å². The molecule has 3 rings (SSSR count). The number of aryl methyl sites for hydroxylation is 1. The first-order valence-corrected chi connectivity index (χ1v) is 6.22. The smallest absolute Gasteiger partial charge is 0.203 e. The highest BCUT2D eigenvalue weighted by Gasteiger charge is 2.16. The van der Waals surface area contributed by atoms with Gasteiger partial charge in [-0.25, -0.2) is 4.98 Å². The Morgan fingerprint density at radius 3 is 2.89 bits per heavy atom. The normalized spacial score (nSPS) is 11.0. The molecule has 0 saturated heterocycles. The van der Waals surface area contributed by atoms with Gasteiger partial charge in [0.2, 0.25) is 5.89 Å². The number of rotatable bonds is 4. The Kier molecular flexibility index (Phi) is 2.91. The van der Waals surface area contributed by atoms with Crippen molar-refractivity contribution in [1.82, 2.24) is 4.98 Å². The lowest BCUT2D eigenvalue weighted by Crippen LogP contribution is -2.04. The van der Waals surface area contributed by atoms with Crippen molar-refractivity contribution >= 4 is 16.9 Å². The molecule has 3 aromatic rings. The Morgan fingerprint density at radius 1 is 1.26 bits per heavy atom. The van der Waals surface area contributed by atoms with E-state index in [4.69, 9.17) is 8.83 Å². The van der Waals surface area contributed by atoms with Crippen molar-refractivity contribution in [3.05, 3.63) is 53.8 Å². The van der Waals surface area contributed by atoms with Crippen LogP contribution >= 0.6 is 0 Å². The van der Waals surface area contributed by atoms with E-state index in [1.807, 2.05) is 31.2 Å². The van der Waals surface area contributed by atoms with Crippen molar-refractivity contribution in [3.63, 3.8) is 0 Å². The number of ketones is 1. The summed E-state index contributed by atoms with van der Waals surface area (Å²) in [5.74, 6) is 1.12. The zero-order chi connectivity index (χ0) is 13.2. The first-order valence-electron chi connectivity index (χ1n) is 6.22. The zero-order valence-electron chi connectivity index (χ0n) is 10.6. The van der Waals surface area contributed by atoms with Crippen molar-refractivity contribution in [2.75, 3.05) is 0 Å². The first-order chi connectivity index (χ1) is 9.28. The molecule has 0 saturated carbocycles. The number of para-hydroxylation sites is 2. The zero-order valence-corrected chi connectivity index (χ0v) is 10.6. The summed E-state index contributed by atoms with van der Waals surface area (Å²) in [5, 5.41) is 0. The molecular weight excluding hydrogens is 242 g/mol. The van der Waals surface area contributed by atoms with Gasteiger partial charge in [0.25, 0.3) is 0 Å². The number of benzene rings is 1. The van der Waals surface area contributed by atoms with Crippen molar-refractivity contribution < 1.29 is 13.6 Å². The van der Waals surface area contributed by atoms with Crippen molar-refractivity contribution in [2.45, 2.75) is 19.8 Å². The van der Waals surface area contributed by atoms with Crippen LogP contribution in [-0.4, -0.2) is 10.8 Å². The minimum absolute atomic E-state index is 0.0304. The molecule has 0 spiro atoms. The van der Waals surface area contributed by atoms with E-state index in [1.165, 1.54) is 6.26 Å². The third-order valence-corrected chi connectivity index (χ3v) is 3.02. The highest BCUT2D eigenvalue weighted by atomic mass is 16.3. The van der Waals surface area contributed by atoms with Crippen molar-refractivity contribution in [1.29, 1.82) is 0 Å². The number of hydrogen-bond donors (Lipinski definition) is 0. The lowest BCUT2D eigenvalue weighted by Gasteiger charge is -1.97. The maximum Gasteiger partial charge on any atom is 0.203 e. The van der Waals surface area contributed by atoms with Gasteiger partial charge in [0.15, 0.2) is 11.4 Å². The van der Waals surface area contributed by atoms with Crippen LogP contribution in [0.3, 0.4) is 0 Å². The molecule has 0 atom stereocenters. The number of hydrogen-bond acceptors (Lipinski definition) is 4. The molecule has 0 aliphatic heterocycles. The Morgan fingerprint density at radius 2 is 2.11 bits per heavy atom. The quantitative estimate of drug-likeness (QED) is 0.670. The molecule has 0 radical (unpaired) electrons. The fourth-order valence-corrected chi connectivity index (χ4v) is 2.09. The maximum absolute atomic E-state index is 12.2. The summed E-state index contributed by atoms with van der Waals surface area (Å²) >= 11 is 0. The van der Waals surface area contributed by atoms with Gasteiger partial charge >= 0.3 is 0 Å². The van der Waals surface area contributed by atoms with Crippen molar-refractivity contribution in [3.8, 4) is 0 Å². The predicted molar refractivity (Wildman–Crippen MR) is 70.1 cm³/mol. The van der Waals surface area contributed by atoms with E-state index in [0.29, 0.717) is 29.2 Å². The molecule has 19 heavy (non-hydrogen) atoms. The van der Waals surface area contributed by atoms with E-state index in [-0.39, 0.29) is 12.2 Å². The molecule has 1 aromatic carbocycles. The molecule has 0 amide bonds. The van der Waals surface area contributed by atoms with E-state index in [9.17, 15) is 4.79 Å². The highest BCUT2D eigenvalue weighted by Crippen LogP contribution is 2.18.